The van der Waals surface area contributed by atoms with Crippen LogP contribution in [0.5, 0.6) is 11.5 Å². The average molecular weight is 504 g/mol. The predicted molar refractivity (Wildman–Crippen MR) is 125 cm³/mol. The molecule has 0 N–H and O–H groups in total. The number of nitrogens with zero attached hydrogens (tertiary/aromatic N) is 3. The number of methoxy groups -OCH3 is 1. The first-order chi connectivity index (χ1) is 17.0. The van der Waals surface area contributed by atoms with Crippen LogP contribution in [0.4, 0.5) is 24.1 Å². The highest BCUT2D eigenvalue weighted by molar-refractivity contribution is 5.95. The third-order valence-corrected chi connectivity index (χ3v) is 5.79. The Morgan fingerprint density at radius 3 is 2.22 bits per heavy atom. The molecule has 2 heterocycles. The Morgan fingerprint density at radius 1 is 1.00 bits per heavy atom. The second kappa shape index (κ2) is 9.63. The Bertz CT molecular complexity index is 1160. The molecular weight excluding hydrogens is 476 g/mol. The summed E-state index contributed by atoms with van der Waals surface area (Å²) in [6.07, 6.45) is -0.409. The second-order valence-corrected chi connectivity index (χ2v) is 9.52. The highest BCUT2D eigenvalue weighted by atomic mass is 19.1. The molecule has 9 nitrogen and oxygen atoms in total. The first-order valence-electron chi connectivity index (χ1n) is 11.4. The lowest BCUT2D eigenvalue weighted by atomic mass is 10.2. The number of benzene rings is 2. The van der Waals surface area contributed by atoms with Crippen molar-refractivity contribution < 1.29 is 37.4 Å². The van der Waals surface area contributed by atoms with Gasteiger partial charge in [0.1, 0.15) is 11.4 Å². The van der Waals surface area contributed by atoms with Gasteiger partial charge < -0.3 is 24.0 Å². The van der Waals surface area contributed by atoms with Crippen LogP contribution in [0.25, 0.3) is 0 Å². The molecule has 11 heteroatoms. The van der Waals surface area contributed by atoms with Crippen molar-refractivity contribution in [3.63, 3.8) is 0 Å². The monoisotopic (exact) mass is 503 g/mol. The molecule has 1 atom stereocenters. The van der Waals surface area contributed by atoms with Gasteiger partial charge in [0.15, 0.2) is 17.4 Å². The number of carbonyl (C=O) groups excluding carboxylic acids is 3. The maximum atomic E-state index is 14.4. The van der Waals surface area contributed by atoms with Crippen LogP contribution in [-0.2, 0) is 9.47 Å². The zero-order valence-corrected chi connectivity index (χ0v) is 20.4. The quantitative estimate of drug-likeness (QED) is 0.575. The van der Waals surface area contributed by atoms with Crippen LogP contribution in [0.15, 0.2) is 36.4 Å². The van der Waals surface area contributed by atoms with Gasteiger partial charge in [0.25, 0.3) is 0 Å². The molecule has 36 heavy (non-hydrogen) atoms. The van der Waals surface area contributed by atoms with Gasteiger partial charge in [-0.3, -0.25) is 4.90 Å². The number of rotatable bonds is 4. The van der Waals surface area contributed by atoms with E-state index in [1.54, 1.807) is 47.6 Å². The summed E-state index contributed by atoms with van der Waals surface area (Å²) in [5.41, 5.74) is -0.304. The lowest BCUT2D eigenvalue weighted by molar-refractivity contribution is 0.0128. The number of urea groups is 1. The molecule has 0 aromatic heterocycles. The summed E-state index contributed by atoms with van der Waals surface area (Å²) < 4.78 is 44.0. The molecule has 2 aliphatic rings. The molecule has 0 radical (unpaired) electrons. The molecule has 2 aliphatic heterocycles. The van der Waals surface area contributed by atoms with Gasteiger partial charge in [0, 0.05) is 31.9 Å². The van der Waals surface area contributed by atoms with Gasteiger partial charge in [-0.1, -0.05) is 0 Å². The molecule has 0 unspecified atom stereocenters. The zero-order chi connectivity index (χ0) is 26.2. The highest BCUT2D eigenvalue weighted by Crippen LogP contribution is 2.32. The molecule has 2 saturated heterocycles. The topological polar surface area (TPSA) is 88.6 Å². The van der Waals surface area contributed by atoms with Gasteiger partial charge >= 0.3 is 18.1 Å². The molecule has 0 bridgehead atoms. The van der Waals surface area contributed by atoms with Gasteiger partial charge in [0.2, 0.25) is 0 Å². The molecule has 4 rings (SSSR count). The number of ether oxygens (including phenoxy) is 3. The Hall–Kier alpha value is -3.89. The lowest BCUT2D eigenvalue weighted by Gasteiger charge is -2.36. The van der Waals surface area contributed by atoms with E-state index in [4.69, 9.17) is 9.47 Å². The molecule has 2 aromatic carbocycles. The van der Waals surface area contributed by atoms with Crippen LogP contribution >= 0.6 is 0 Å². The van der Waals surface area contributed by atoms with E-state index in [0.717, 1.165) is 19.2 Å². The van der Waals surface area contributed by atoms with E-state index in [1.165, 1.54) is 12.1 Å². The SMILES string of the molecule is COC(=O)c1cc(F)c(Oc2ccc(N3C[C@@H]4CN(C(=O)OC(C)(C)C)CCN4C3=O)cc2)c(F)c1. The summed E-state index contributed by atoms with van der Waals surface area (Å²) >= 11 is 0. The largest absolute Gasteiger partial charge is 0.465 e. The van der Waals surface area contributed by atoms with Gasteiger partial charge in [-0.25, -0.2) is 23.2 Å². The summed E-state index contributed by atoms with van der Waals surface area (Å²) in [7, 11) is 1.11. The van der Waals surface area contributed by atoms with E-state index in [1.807, 2.05) is 0 Å². The Labute approximate surface area is 207 Å². The zero-order valence-electron chi connectivity index (χ0n) is 20.4. The minimum absolute atomic E-state index is 0.142. The number of piperazine rings is 1. The number of amides is 3. The molecule has 0 aliphatic carbocycles. The van der Waals surface area contributed by atoms with E-state index >= 15 is 0 Å². The first kappa shape index (κ1) is 25.2. The van der Waals surface area contributed by atoms with Crippen molar-refractivity contribution in [2.24, 2.45) is 0 Å². The molecule has 0 spiro atoms. The first-order valence-corrected chi connectivity index (χ1v) is 11.4. The van der Waals surface area contributed by atoms with E-state index in [2.05, 4.69) is 4.74 Å². The Kier molecular flexibility index (Phi) is 6.75. The Morgan fingerprint density at radius 2 is 1.64 bits per heavy atom. The van der Waals surface area contributed by atoms with Crippen molar-refractivity contribution in [2.75, 3.05) is 38.2 Å². The third-order valence-electron chi connectivity index (χ3n) is 5.79. The molecule has 2 aromatic rings. The summed E-state index contributed by atoms with van der Waals surface area (Å²) in [6.45, 7) is 6.90. The van der Waals surface area contributed by atoms with Crippen LogP contribution in [0.1, 0.15) is 31.1 Å². The van der Waals surface area contributed by atoms with Crippen LogP contribution < -0.4 is 9.64 Å². The summed E-state index contributed by atoms with van der Waals surface area (Å²) in [6, 6.07) is 7.47. The van der Waals surface area contributed by atoms with Crippen molar-refractivity contribution >= 4 is 23.8 Å². The number of hydrogen-bond acceptors (Lipinski definition) is 6. The van der Waals surface area contributed by atoms with Crippen molar-refractivity contribution in [3.8, 4) is 11.5 Å². The Balaban J connectivity index is 1.43. The second-order valence-electron chi connectivity index (χ2n) is 9.52. The predicted octanol–water partition coefficient (Wildman–Crippen LogP) is 4.41. The number of hydrogen-bond donors (Lipinski definition) is 0. The fourth-order valence-electron chi connectivity index (χ4n) is 4.12. The number of halogens is 2. The lowest BCUT2D eigenvalue weighted by Crippen LogP contribution is -2.54. The average Bonchev–Trinajstić information content (AvgIpc) is 3.15. The number of esters is 1. The fourth-order valence-corrected chi connectivity index (χ4v) is 4.12. The molecule has 3 amide bonds. The van der Waals surface area contributed by atoms with Gasteiger partial charge in [0.05, 0.1) is 18.7 Å². The molecular formula is C25H27F2N3O6. The van der Waals surface area contributed by atoms with Crippen LogP contribution in [0, 0.1) is 11.6 Å². The molecule has 2 fully saturated rings. The smallest absolute Gasteiger partial charge is 0.410 e. The molecule has 0 saturated carbocycles. The standard InChI is InChI=1S/C25H27F2N3O6/c1-25(2,3)36-24(33)28-9-10-29-17(13-28)14-30(23(29)32)16-5-7-18(8-6-16)35-21-19(26)11-15(12-20(21)27)22(31)34-4/h5-8,11-12,17H,9-10,13-14H2,1-4H3/t17-/m0/s1. The van der Waals surface area contributed by atoms with Crippen LogP contribution in [-0.4, -0.2) is 72.8 Å². The minimum Gasteiger partial charge on any atom is -0.465 e. The number of anilines is 1. The summed E-state index contributed by atoms with van der Waals surface area (Å²) in [4.78, 5) is 41.8. The van der Waals surface area contributed by atoms with Crippen LogP contribution in [0.3, 0.4) is 0 Å². The van der Waals surface area contributed by atoms with Crippen molar-refractivity contribution in [3.05, 3.63) is 53.6 Å². The van der Waals surface area contributed by atoms with E-state index in [0.29, 0.717) is 31.9 Å². The summed E-state index contributed by atoms with van der Waals surface area (Å²) in [5, 5.41) is 0. The maximum absolute atomic E-state index is 14.4. The third kappa shape index (κ3) is 5.19. The van der Waals surface area contributed by atoms with Crippen molar-refractivity contribution in [2.45, 2.75) is 32.4 Å². The maximum Gasteiger partial charge on any atom is 0.410 e. The van der Waals surface area contributed by atoms with E-state index in [-0.39, 0.29) is 23.4 Å². The van der Waals surface area contributed by atoms with Crippen LogP contribution in [0.2, 0.25) is 0 Å². The highest BCUT2D eigenvalue weighted by Gasteiger charge is 2.42. The minimum atomic E-state index is -1.05. The molecule has 192 valence electrons. The summed E-state index contributed by atoms with van der Waals surface area (Å²) in [5.74, 6) is -3.50. The van der Waals surface area contributed by atoms with E-state index in [9.17, 15) is 23.2 Å². The fraction of sp³-hybridized carbons (Fsp3) is 0.400. The van der Waals surface area contributed by atoms with Crippen molar-refractivity contribution in [1.82, 2.24) is 9.80 Å². The van der Waals surface area contributed by atoms with Gasteiger partial charge in [-0.05, 0) is 57.2 Å². The number of carbonyl (C=O) groups is 3. The van der Waals surface area contributed by atoms with Gasteiger partial charge in [-0.15, -0.1) is 0 Å². The number of fused-ring (bicyclic) bond motifs is 1. The van der Waals surface area contributed by atoms with Crippen molar-refractivity contribution in [1.29, 1.82) is 0 Å². The van der Waals surface area contributed by atoms with E-state index < -0.39 is 35.0 Å². The normalized spacial score (nSPS) is 17.7. The van der Waals surface area contributed by atoms with Gasteiger partial charge in [-0.2, -0.15) is 0 Å².